The first kappa shape index (κ1) is 14.3. The lowest BCUT2D eigenvalue weighted by atomic mass is 10.0. The molecule has 0 aliphatic heterocycles. The second-order valence-electron chi connectivity index (χ2n) is 3.97. The van der Waals surface area contributed by atoms with E-state index in [0.717, 1.165) is 22.0 Å². The van der Waals surface area contributed by atoms with Crippen LogP contribution in [0.25, 0.3) is 0 Å². The van der Waals surface area contributed by atoms with Gasteiger partial charge in [0.05, 0.1) is 20.3 Å². The third-order valence-electron chi connectivity index (χ3n) is 2.65. The molecular formula is C13H19BrO3. The molecule has 1 aromatic rings. The number of hydrogen-bond donors (Lipinski definition) is 1. The second kappa shape index (κ2) is 6.26. The fourth-order valence-corrected chi connectivity index (χ4v) is 2.58. The summed E-state index contributed by atoms with van der Waals surface area (Å²) in [5.74, 6) is 1.40. The number of ether oxygens (including phenoxy) is 2. The van der Waals surface area contributed by atoms with Gasteiger partial charge < -0.3 is 14.6 Å². The van der Waals surface area contributed by atoms with Crippen LogP contribution in [0, 0.1) is 0 Å². The van der Waals surface area contributed by atoms with Crippen LogP contribution in [0.2, 0.25) is 0 Å². The molecule has 1 atom stereocenters. The molecule has 1 N–H and O–H groups in total. The topological polar surface area (TPSA) is 38.7 Å². The van der Waals surface area contributed by atoms with Crippen LogP contribution >= 0.6 is 15.9 Å². The van der Waals surface area contributed by atoms with Crippen LogP contribution < -0.4 is 9.47 Å². The molecular weight excluding hydrogens is 284 g/mol. The highest BCUT2D eigenvalue weighted by Gasteiger charge is 2.18. The molecule has 0 saturated heterocycles. The smallest absolute Gasteiger partial charge is 0.165 e. The zero-order valence-electron chi connectivity index (χ0n) is 10.7. The lowest BCUT2D eigenvalue weighted by molar-refractivity contribution is 0.193. The molecule has 4 heteroatoms. The number of rotatable bonds is 5. The van der Waals surface area contributed by atoms with Gasteiger partial charge in [-0.05, 0) is 25.0 Å². The van der Waals surface area contributed by atoms with Crippen molar-refractivity contribution in [3.8, 4) is 11.5 Å². The lowest BCUT2D eigenvalue weighted by Gasteiger charge is -2.18. The molecule has 1 aromatic carbocycles. The Morgan fingerprint density at radius 2 is 2.00 bits per heavy atom. The average molecular weight is 303 g/mol. The molecule has 17 heavy (non-hydrogen) atoms. The van der Waals surface area contributed by atoms with Crippen LogP contribution in [0.1, 0.15) is 25.0 Å². The van der Waals surface area contributed by atoms with Crippen LogP contribution in [-0.2, 0) is 12.8 Å². The highest BCUT2D eigenvalue weighted by atomic mass is 79.9. The third-order valence-corrected chi connectivity index (χ3v) is 3.64. The molecule has 0 fully saturated rings. The molecule has 0 saturated carbocycles. The van der Waals surface area contributed by atoms with Gasteiger partial charge in [0.1, 0.15) is 0 Å². The standard InChI is InChI=1S/C13H19BrO3/c1-5-9-7-11(16-3)13(17-4)10(12(9)14)6-8(2)15/h7-8,15H,5-6H2,1-4H3. The Morgan fingerprint density at radius 3 is 2.41 bits per heavy atom. The highest BCUT2D eigenvalue weighted by molar-refractivity contribution is 9.10. The molecule has 1 rings (SSSR count). The van der Waals surface area contributed by atoms with E-state index in [9.17, 15) is 5.11 Å². The molecule has 1 unspecified atom stereocenters. The van der Waals surface area contributed by atoms with E-state index in [2.05, 4.69) is 22.9 Å². The molecule has 96 valence electrons. The predicted molar refractivity (Wildman–Crippen MR) is 72.0 cm³/mol. The van der Waals surface area contributed by atoms with E-state index in [-0.39, 0.29) is 0 Å². The summed E-state index contributed by atoms with van der Waals surface area (Å²) in [7, 11) is 3.23. The Labute approximate surface area is 111 Å². The molecule has 3 nitrogen and oxygen atoms in total. The van der Waals surface area contributed by atoms with E-state index >= 15 is 0 Å². The van der Waals surface area contributed by atoms with Gasteiger partial charge in [0.15, 0.2) is 11.5 Å². The first-order chi connectivity index (χ1) is 8.04. The zero-order valence-corrected chi connectivity index (χ0v) is 12.3. The second-order valence-corrected chi connectivity index (χ2v) is 4.76. The number of aryl methyl sites for hydroxylation is 1. The van der Waals surface area contributed by atoms with Gasteiger partial charge in [-0.15, -0.1) is 0 Å². The summed E-state index contributed by atoms with van der Waals surface area (Å²) in [4.78, 5) is 0. The summed E-state index contributed by atoms with van der Waals surface area (Å²) in [5, 5.41) is 9.56. The minimum atomic E-state index is -0.419. The summed E-state index contributed by atoms with van der Waals surface area (Å²) in [5.41, 5.74) is 2.11. The maximum Gasteiger partial charge on any atom is 0.165 e. The van der Waals surface area contributed by atoms with Crippen LogP contribution in [0.5, 0.6) is 11.5 Å². The van der Waals surface area contributed by atoms with Crippen LogP contribution in [0.4, 0.5) is 0 Å². The summed E-state index contributed by atoms with van der Waals surface area (Å²) >= 11 is 3.58. The first-order valence-corrected chi connectivity index (χ1v) is 6.44. The van der Waals surface area contributed by atoms with Gasteiger partial charge in [-0.2, -0.15) is 0 Å². The van der Waals surface area contributed by atoms with E-state index < -0.39 is 6.10 Å². The van der Waals surface area contributed by atoms with E-state index in [0.29, 0.717) is 17.9 Å². The molecule has 0 radical (unpaired) electrons. The minimum Gasteiger partial charge on any atom is -0.493 e. The molecule has 0 aliphatic carbocycles. The van der Waals surface area contributed by atoms with Crippen molar-refractivity contribution in [2.24, 2.45) is 0 Å². The van der Waals surface area contributed by atoms with E-state index in [1.54, 1.807) is 21.1 Å². The Bertz CT molecular complexity index is 389. The van der Waals surface area contributed by atoms with Crippen LogP contribution in [-0.4, -0.2) is 25.4 Å². The van der Waals surface area contributed by atoms with Crippen molar-refractivity contribution in [3.05, 3.63) is 21.7 Å². The monoisotopic (exact) mass is 302 g/mol. The highest BCUT2D eigenvalue weighted by Crippen LogP contribution is 2.39. The number of aliphatic hydroxyl groups excluding tert-OH is 1. The normalized spacial score (nSPS) is 12.4. The van der Waals surface area contributed by atoms with Gasteiger partial charge in [0.2, 0.25) is 0 Å². The van der Waals surface area contributed by atoms with Gasteiger partial charge in [0, 0.05) is 16.5 Å². The quantitative estimate of drug-likeness (QED) is 0.909. The van der Waals surface area contributed by atoms with Gasteiger partial charge in [-0.1, -0.05) is 22.9 Å². The minimum absolute atomic E-state index is 0.419. The summed E-state index contributed by atoms with van der Waals surface area (Å²) < 4.78 is 11.7. The van der Waals surface area contributed by atoms with Gasteiger partial charge in [-0.25, -0.2) is 0 Å². The Kier molecular flexibility index (Phi) is 5.28. The van der Waals surface area contributed by atoms with Crippen molar-refractivity contribution in [1.29, 1.82) is 0 Å². The van der Waals surface area contributed by atoms with Crippen molar-refractivity contribution >= 4 is 15.9 Å². The molecule has 0 spiro atoms. The van der Waals surface area contributed by atoms with Gasteiger partial charge in [-0.3, -0.25) is 0 Å². The molecule has 0 aromatic heterocycles. The number of hydrogen-bond acceptors (Lipinski definition) is 3. The predicted octanol–water partition coefficient (Wildman–Crippen LogP) is 2.95. The Balaban J connectivity index is 3.38. The molecule has 0 aliphatic rings. The van der Waals surface area contributed by atoms with Crippen molar-refractivity contribution in [2.45, 2.75) is 32.8 Å². The van der Waals surface area contributed by atoms with Crippen molar-refractivity contribution in [3.63, 3.8) is 0 Å². The fraction of sp³-hybridized carbons (Fsp3) is 0.538. The Morgan fingerprint density at radius 1 is 1.35 bits per heavy atom. The van der Waals surface area contributed by atoms with Crippen molar-refractivity contribution in [2.75, 3.05) is 14.2 Å². The van der Waals surface area contributed by atoms with Gasteiger partial charge >= 0.3 is 0 Å². The average Bonchev–Trinajstić information content (AvgIpc) is 2.30. The summed E-state index contributed by atoms with van der Waals surface area (Å²) in [6, 6.07) is 1.97. The fourth-order valence-electron chi connectivity index (χ4n) is 1.84. The zero-order chi connectivity index (χ0) is 13.0. The van der Waals surface area contributed by atoms with E-state index in [1.165, 1.54) is 0 Å². The first-order valence-electron chi connectivity index (χ1n) is 5.65. The van der Waals surface area contributed by atoms with Crippen LogP contribution in [0.3, 0.4) is 0 Å². The van der Waals surface area contributed by atoms with E-state index in [4.69, 9.17) is 9.47 Å². The number of benzene rings is 1. The molecule has 0 amide bonds. The van der Waals surface area contributed by atoms with Crippen molar-refractivity contribution in [1.82, 2.24) is 0 Å². The third kappa shape index (κ3) is 3.13. The largest absolute Gasteiger partial charge is 0.493 e. The maximum absolute atomic E-state index is 9.56. The van der Waals surface area contributed by atoms with E-state index in [1.807, 2.05) is 6.07 Å². The molecule has 0 heterocycles. The number of aliphatic hydroxyl groups is 1. The SMILES string of the molecule is CCc1cc(OC)c(OC)c(CC(C)O)c1Br. The van der Waals surface area contributed by atoms with Gasteiger partial charge in [0.25, 0.3) is 0 Å². The number of methoxy groups -OCH3 is 2. The number of halogens is 1. The Hall–Kier alpha value is -0.740. The maximum atomic E-state index is 9.56. The summed E-state index contributed by atoms with van der Waals surface area (Å²) in [6.07, 6.45) is 1.01. The van der Waals surface area contributed by atoms with Crippen LogP contribution in [0.15, 0.2) is 10.5 Å². The van der Waals surface area contributed by atoms with Crippen molar-refractivity contribution < 1.29 is 14.6 Å². The molecule has 0 bridgehead atoms. The summed E-state index contributed by atoms with van der Waals surface area (Å²) in [6.45, 7) is 3.84. The lowest BCUT2D eigenvalue weighted by Crippen LogP contribution is -2.08.